The molecule has 6 heteroatoms. The fourth-order valence-corrected chi connectivity index (χ4v) is 3.55. The number of aliphatic carboxylic acids is 1. The first kappa shape index (κ1) is 15.9. The summed E-state index contributed by atoms with van der Waals surface area (Å²) >= 11 is 0. The van der Waals surface area contributed by atoms with Crippen LogP contribution in [0.4, 0.5) is 0 Å². The number of fused-ring (bicyclic) bond motifs is 1. The Morgan fingerprint density at radius 1 is 1.35 bits per heavy atom. The zero-order chi connectivity index (χ0) is 16.4. The average Bonchev–Trinajstić information content (AvgIpc) is 3.13. The first-order chi connectivity index (χ1) is 11.1. The lowest BCUT2D eigenvalue weighted by Crippen LogP contribution is -2.23. The summed E-state index contributed by atoms with van der Waals surface area (Å²) in [6.07, 6.45) is 1.96. The van der Waals surface area contributed by atoms with Crippen molar-refractivity contribution < 1.29 is 24.1 Å². The van der Waals surface area contributed by atoms with Crippen LogP contribution >= 0.6 is 0 Å². The number of carbonyl (C=O) groups is 1. The van der Waals surface area contributed by atoms with E-state index in [0.717, 1.165) is 36.4 Å². The van der Waals surface area contributed by atoms with Crippen LogP contribution in [0.2, 0.25) is 0 Å². The van der Waals surface area contributed by atoms with Crippen molar-refractivity contribution in [2.24, 2.45) is 11.8 Å². The molecule has 1 saturated heterocycles. The van der Waals surface area contributed by atoms with Gasteiger partial charge < -0.3 is 19.3 Å². The van der Waals surface area contributed by atoms with E-state index in [1.807, 2.05) is 12.1 Å². The fourth-order valence-electron chi connectivity index (χ4n) is 3.55. The summed E-state index contributed by atoms with van der Waals surface area (Å²) in [6, 6.07) is 3.77. The monoisotopic (exact) mass is 321 g/mol. The van der Waals surface area contributed by atoms with Gasteiger partial charge in [0, 0.05) is 31.3 Å². The topological polar surface area (TPSA) is 68.2 Å². The number of carboxylic acid groups (broad SMARTS) is 1. The molecule has 0 radical (unpaired) electrons. The van der Waals surface area contributed by atoms with E-state index in [0.29, 0.717) is 18.8 Å². The molecule has 1 aromatic carbocycles. The zero-order valence-corrected chi connectivity index (χ0v) is 13.6. The Hall–Kier alpha value is -1.95. The standard InChI is InChI=1S/C17H23NO5/c1-3-4-11-7-18(9-13(11)17(19)20)8-12-5-15-16(23-10-22-15)6-14(12)21-2/h5-6,11,13H,3-4,7-10H2,1-2H3,(H,19,20)/t11-,13-/m1/s1. The molecule has 0 amide bonds. The van der Waals surface area contributed by atoms with Gasteiger partial charge in [0.25, 0.3) is 0 Å². The van der Waals surface area contributed by atoms with E-state index in [4.69, 9.17) is 14.2 Å². The summed E-state index contributed by atoms with van der Waals surface area (Å²) in [5, 5.41) is 9.43. The quantitative estimate of drug-likeness (QED) is 0.867. The summed E-state index contributed by atoms with van der Waals surface area (Å²) < 4.78 is 16.3. The van der Waals surface area contributed by atoms with Gasteiger partial charge in [-0.2, -0.15) is 0 Å². The smallest absolute Gasteiger partial charge is 0.308 e. The Morgan fingerprint density at radius 2 is 2.09 bits per heavy atom. The molecule has 0 aromatic heterocycles. The minimum Gasteiger partial charge on any atom is -0.496 e. The van der Waals surface area contributed by atoms with Gasteiger partial charge in [-0.1, -0.05) is 13.3 Å². The van der Waals surface area contributed by atoms with E-state index < -0.39 is 5.97 Å². The molecule has 2 atom stereocenters. The van der Waals surface area contributed by atoms with Crippen molar-refractivity contribution in [3.8, 4) is 17.2 Å². The van der Waals surface area contributed by atoms with Crippen molar-refractivity contribution in [1.29, 1.82) is 0 Å². The van der Waals surface area contributed by atoms with Crippen LogP contribution < -0.4 is 14.2 Å². The molecule has 1 aromatic rings. The molecule has 0 unspecified atom stereocenters. The summed E-state index contributed by atoms with van der Waals surface area (Å²) in [5.74, 6) is 1.41. The Balaban J connectivity index is 1.76. The number of hydrogen-bond acceptors (Lipinski definition) is 5. The highest BCUT2D eigenvalue weighted by atomic mass is 16.7. The maximum Gasteiger partial charge on any atom is 0.308 e. The second-order valence-electron chi connectivity index (χ2n) is 6.20. The summed E-state index contributed by atoms with van der Waals surface area (Å²) in [4.78, 5) is 13.7. The number of rotatable bonds is 6. The maximum atomic E-state index is 11.5. The second kappa shape index (κ2) is 6.66. The number of methoxy groups -OCH3 is 1. The Morgan fingerprint density at radius 3 is 2.74 bits per heavy atom. The molecule has 1 N–H and O–H groups in total. The van der Waals surface area contributed by atoms with Crippen LogP contribution in [0.1, 0.15) is 25.3 Å². The summed E-state index contributed by atoms with van der Waals surface area (Å²) in [6.45, 7) is 4.37. The predicted molar refractivity (Wildman–Crippen MR) is 83.9 cm³/mol. The summed E-state index contributed by atoms with van der Waals surface area (Å²) in [5.41, 5.74) is 0.998. The van der Waals surface area contributed by atoms with Crippen molar-refractivity contribution in [2.75, 3.05) is 27.0 Å². The molecule has 1 fully saturated rings. The van der Waals surface area contributed by atoms with Crippen LogP contribution in [0, 0.1) is 11.8 Å². The predicted octanol–water partition coefficient (Wildman–Crippen LogP) is 2.36. The highest BCUT2D eigenvalue weighted by molar-refractivity contribution is 5.71. The number of carboxylic acids is 1. The van der Waals surface area contributed by atoms with E-state index in [1.54, 1.807) is 7.11 Å². The number of likely N-dealkylation sites (tertiary alicyclic amines) is 1. The average molecular weight is 321 g/mol. The van der Waals surface area contributed by atoms with E-state index in [1.165, 1.54) is 0 Å². The van der Waals surface area contributed by atoms with Gasteiger partial charge in [-0.25, -0.2) is 0 Å². The Bertz CT molecular complexity index is 589. The first-order valence-corrected chi connectivity index (χ1v) is 8.04. The van der Waals surface area contributed by atoms with Gasteiger partial charge in [-0.05, 0) is 18.4 Å². The molecule has 23 heavy (non-hydrogen) atoms. The molecule has 3 rings (SSSR count). The minimum atomic E-state index is -0.691. The largest absolute Gasteiger partial charge is 0.496 e. The molecular weight excluding hydrogens is 298 g/mol. The summed E-state index contributed by atoms with van der Waals surface area (Å²) in [7, 11) is 1.63. The van der Waals surface area contributed by atoms with Gasteiger partial charge in [0.2, 0.25) is 6.79 Å². The molecular formula is C17H23NO5. The minimum absolute atomic E-state index is 0.220. The van der Waals surface area contributed by atoms with Crippen molar-refractivity contribution in [2.45, 2.75) is 26.3 Å². The van der Waals surface area contributed by atoms with Gasteiger partial charge in [0.15, 0.2) is 11.5 Å². The van der Waals surface area contributed by atoms with Crippen molar-refractivity contribution in [3.05, 3.63) is 17.7 Å². The molecule has 0 spiro atoms. The van der Waals surface area contributed by atoms with Crippen LogP contribution in [0.3, 0.4) is 0 Å². The fraction of sp³-hybridized carbons (Fsp3) is 0.588. The Kier molecular flexibility index (Phi) is 4.61. The number of benzene rings is 1. The third-order valence-electron chi connectivity index (χ3n) is 4.66. The number of ether oxygens (including phenoxy) is 3. The molecule has 2 aliphatic heterocycles. The Labute approximate surface area is 135 Å². The lowest BCUT2D eigenvalue weighted by atomic mass is 9.92. The third-order valence-corrected chi connectivity index (χ3v) is 4.66. The lowest BCUT2D eigenvalue weighted by molar-refractivity contribution is -0.142. The lowest BCUT2D eigenvalue weighted by Gasteiger charge is -2.18. The van der Waals surface area contributed by atoms with E-state index in [9.17, 15) is 9.90 Å². The molecule has 0 saturated carbocycles. The first-order valence-electron chi connectivity index (χ1n) is 8.04. The van der Waals surface area contributed by atoms with Crippen LogP contribution in [-0.2, 0) is 11.3 Å². The van der Waals surface area contributed by atoms with E-state index in [-0.39, 0.29) is 18.6 Å². The van der Waals surface area contributed by atoms with Gasteiger partial charge in [0.1, 0.15) is 5.75 Å². The zero-order valence-electron chi connectivity index (χ0n) is 13.6. The van der Waals surface area contributed by atoms with Crippen LogP contribution in [-0.4, -0.2) is 43.0 Å². The normalized spacial score (nSPS) is 23.2. The van der Waals surface area contributed by atoms with E-state index >= 15 is 0 Å². The van der Waals surface area contributed by atoms with Crippen LogP contribution in [0.5, 0.6) is 17.2 Å². The van der Waals surface area contributed by atoms with Crippen molar-refractivity contribution in [3.63, 3.8) is 0 Å². The van der Waals surface area contributed by atoms with E-state index in [2.05, 4.69) is 11.8 Å². The van der Waals surface area contributed by atoms with Crippen LogP contribution in [0.15, 0.2) is 12.1 Å². The molecule has 0 aliphatic carbocycles. The highest BCUT2D eigenvalue weighted by Gasteiger charge is 2.37. The number of nitrogens with zero attached hydrogens (tertiary/aromatic N) is 1. The highest BCUT2D eigenvalue weighted by Crippen LogP contribution is 2.39. The molecule has 6 nitrogen and oxygen atoms in total. The van der Waals surface area contributed by atoms with Gasteiger partial charge in [-0.3, -0.25) is 9.69 Å². The maximum absolute atomic E-state index is 11.5. The number of hydrogen-bond donors (Lipinski definition) is 1. The molecule has 2 aliphatic rings. The molecule has 126 valence electrons. The van der Waals surface area contributed by atoms with Gasteiger partial charge in [0.05, 0.1) is 13.0 Å². The van der Waals surface area contributed by atoms with Crippen LogP contribution in [0.25, 0.3) is 0 Å². The third kappa shape index (κ3) is 3.22. The van der Waals surface area contributed by atoms with Gasteiger partial charge >= 0.3 is 5.97 Å². The van der Waals surface area contributed by atoms with Gasteiger partial charge in [-0.15, -0.1) is 0 Å². The second-order valence-corrected chi connectivity index (χ2v) is 6.20. The SMILES string of the molecule is CCC[C@@H]1CN(Cc2cc3c(cc2OC)OCO3)C[C@H]1C(=O)O. The molecule has 2 heterocycles. The molecule has 0 bridgehead atoms. The van der Waals surface area contributed by atoms with Crippen molar-refractivity contribution >= 4 is 5.97 Å². The van der Waals surface area contributed by atoms with Crippen molar-refractivity contribution in [1.82, 2.24) is 4.90 Å².